The molecule has 0 heterocycles. The minimum Gasteiger partial charge on any atom is -0.444 e. The number of benzene rings is 2. The largest absolute Gasteiger partial charge is 0.444 e. The zero-order valence-corrected chi connectivity index (χ0v) is 16.4. The minimum atomic E-state index is -0.768. The number of nitriles is 1. The molecule has 2 N–H and O–H groups in total. The first-order valence-corrected chi connectivity index (χ1v) is 9.07. The van der Waals surface area contributed by atoms with E-state index in [2.05, 4.69) is 16.7 Å². The van der Waals surface area contributed by atoms with Crippen LogP contribution in [0.25, 0.3) is 0 Å². The monoisotopic (exact) mass is 379 g/mol. The van der Waals surface area contributed by atoms with E-state index in [4.69, 9.17) is 10.00 Å². The summed E-state index contributed by atoms with van der Waals surface area (Å²) in [7, 11) is 0. The summed E-state index contributed by atoms with van der Waals surface area (Å²) in [4.78, 5) is 24.9. The molecule has 0 aliphatic carbocycles. The number of amides is 2. The lowest BCUT2D eigenvalue weighted by Crippen LogP contribution is -2.49. The Kier molecular flexibility index (Phi) is 7.16. The summed E-state index contributed by atoms with van der Waals surface area (Å²) >= 11 is 0. The summed E-state index contributed by atoms with van der Waals surface area (Å²) < 4.78 is 5.28. The fourth-order valence-electron chi connectivity index (χ4n) is 2.52. The fourth-order valence-corrected chi connectivity index (χ4v) is 2.52. The SMILES string of the molecule is CC(C)(C)OC(=O)N[C@@H](Cc1ccccc1)C(=O)NCc1ccc(C#N)cc1. The van der Waals surface area contributed by atoms with Crippen LogP contribution in [0.5, 0.6) is 0 Å². The van der Waals surface area contributed by atoms with Crippen LogP contribution in [0.2, 0.25) is 0 Å². The summed E-state index contributed by atoms with van der Waals surface area (Å²) in [6.07, 6.45) is -0.291. The second kappa shape index (κ2) is 9.56. The lowest BCUT2D eigenvalue weighted by molar-refractivity contribution is -0.123. The van der Waals surface area contributed by atoms with Crippen LogP contribution in [0.1, 0.15) is 37.5 Å². The molecule has 6 nitrogen and oxygen atoms in total. The highest BCUT2D eigenvalue weighted by Crippen LogP contribution is 2.09. The average Bonchev–Trinajstić information content (AvgIpc) is 2.65. The summed E-state index contributed by atoms with van der Waals surface area (Å²) in [5.74, 6) is -0.306. The van der Waals surface area contributed by atoms with Crippen LogP contribution in [0.4, 0.5) is 4.79 Å². The summed E-state index contributed by atoms with van der Waals surface area (Å²) in [6.45, 7) is 5.60. The molecule has 2 amide bonds. The minimum absolute atomic E-state index is 0.297. The number of carbonyl (C=O) groups excluding carboxylic acids is 2. The molecule has 0 radical (unpaired) electrons. The number of hydrogen-bond acceptors (Lipinski definition) is 4. The van der Waals surface area contributed by atoms with Crippen molar-refractivity contribution in [3.8, 4) is 6.07 Å². The third-order valence-electron chi connectivity index (χ3n) is 3.84. The number of ether oxygens (including phenoxy) is 1. The van der Waals surface area contributed by atoms with Gasteiger partial charge in [0, 0.05) is 13.0 Å². The first kappa shape index (κ1) is 21.0. The highest BCUT2D eigenvalue weighted by molar-refractivity contribution is 5.86. The molecule has 0 unspecified atom stereocenters. The lowest BCUT2D eigenvalue weighted by atomic mass is 10.1. The van der Waals surface area contributed by atoms with Gasteiger partial charge < -0.3 is 15.4 Å². The van der Waals surface area contributed by atoms with Crippen LogP contribution in [0, 0.1) is 11.3 Å². The van der Waals surface area contributed by atoms with Gasteiger partial charge >= 0.3 is 6.09 Å². The molecular weight excluding hydrogens is 354 g/mol. The Morgan fingerprint density at radius 3 is 2.25 bits per heavy atom. The lowest BCUT2D eigenvalue weighted by Gasteiger charge is -2.23. The van der Waals surface area contributed by atoms with Gasteiger partial charge in [0.15, 0.2) is 0 Å². The van der Waals surface area contributed by atoms with E-state index in [9.17, 15) is 9.59 Å². The number of hydrogen-bond donors (Lipinski definition) is 2. The van der Waals surface area contributed by atoms with Crippen molar-refractivity contribution < 1.29 is 14.3 Å². The van der Waals surface area contributed by atoms with Crippen LogP contribution in [-0.2, 0) is 22.5 Å². The average molecular weight is 379 g/mol. The first-order chi connectivity index (χ1) is 13.3. The van der Waals surface area contributed by atoms with Gasteiger partial charge in [-0.15, -0.1) is 0 Å². The summed E-state index contributed by atoms with van der Waals surface area (Å²) in [6, 6.07) is 17.7. The van der Waals surface area contributed by atoms with E-state index in [1.54, 1.807) is 45.0 Å². The third-order valence-corrected chi connectivity index (χ3v) is 3.84. The quantitative estimate of drug-likeness (QED) is 0.805. The Morgan fingerprint density at radius 2 is 1.68 bits per heavy atom. The summed E-state index contributed by atoms with van der Waals surface area (Å²) in [5.41, 5.74) is 1.70. The van der Waals surface area contributed by atoms with Crippen LogP contribution >= 0.6 is 0 Å². The van der Waals surface area contributed by atoms with Gasteiger partial charge in [0.25, 0.3) is 0 Å². The zero-order chi connectivity index (χ0) is 20.6. The van der Waals surface area contributed by atoms with E-state index in [1.165, 1.54) is 0 Å². The van der Waals surface area contributed by atoms with Crippen molar-refractivity contribution in [3.05, 3.63) is 71.3 Å². The molecule has 2 aromatic carbocycles. The number of nitrogens with zero attached hydrogens (tertiary/aromatic N) is 1. The molecule has 0 saturated carbocycles. The van der Waals surface area contributed by atoms with E-state index >= 15 is 0 Å². The molecule has 0 aliphatic heterocycles. The fraction of sp³-hybridized carbons (Fsp3) is 0.318. The normalized spacial score (nSPS) is 11.8. The van der Waals surface area contributed by atoms with Gasteiger partial charge in [0.1, 0.15) is 11.6 Å². The van der Waals surface area contributed by atoms with Crippen molar-refractivity contribution in [3.63, 3.8) is 0 Å². The van der Waals surface area contributed by atoms with Crippen LogP contribution in [0.3, 0.4) is 0 Å². The predicted molar refractivity (Wildman–Crippen MR) is 106 cm³/mol. The second-order valence-corrected chi connectivity index (χ2v) is 7.42. The smallest absolute Gasteiger partial charge is 0.408 e. The molecule has 0 bridgehead atoms. The molecule has 28 heavy (non-hydrogen) atoms. The molecule has 0 fully saturated rings. The van der Waals surface area contributed by atoms with Crippen LogP contribution < -0.4 is 10.6 Å². The Labute approximate surface area is 165 Å². The molecule has 2 aromatic rings. The molecule has 0 aliphatic rings. The van der Waals surface area contributed by atoms with Crippen molar-refractivity contribution >= 4 is 12.0 Å². The highest BCUT2D eigenvalue weighted by atomic mass is 16.6. The van der Waals surface area contributed by atoms with Gasteiger partial charge in [0.05, 0.1) is 11.6 Å². The Hall–Kier alpha value is -3.33. The van der Waals surface area contributed by atoms with Gasteiger partial charge in [-0.2, -0.15) is 5.26 Å². The second-order valence-electron chi connectivity index (χ2n) is 7.42. The van der Waals surface area contributed by atoms with E-state index < -0.39 is 17.7 Å². The first-order valence-electron chi connectivity index (χ1n) is 9.07. The van der Waals surface area contributed by atoms with Gasteiger partial charge in [-0.1, -0.05) is 42.5 Å². The maximum absolute atomic E-state index is 12.7. The number of carbonyl (C=O) groups is 2. The zero-order valence-electron chi connectivity index (χ0n) is 16.4. The maximum Gasteiger partial charge on any atom is 0.408 e. The Bertz CT molecular complexity index is 834. The van der Waals surface area contributed by atoms with Crippen molar-refractivity contribution in [2.45, 2.75) is 45.4 Å². The number of nitrogens with one attached hydrogen (secondary N) is 2. The van der Waals surface area contributed by atoms with E-state index in [0.29, 0.717) is 18.5 Å². The Morgan fingerprint density at radius 1 is 1.04 bits per heavy atom. The molecule has 6 heteroatoms. The van der Waals surface area contributed by atoms with E-state index in [1.807, 2.05) is 30.3 Å². The summed E-state index contributed by atoms with van der Waals surface area (Å²) in [5, 5.41) is 14.3. The molecule has 0 spiro atoms. The molecule has 0 saturated heterocycles. The molecule has 1 atom stereocenters. The maximum atomic E-state index is 12.7. The topological polar surface area (TPSA) is 91.2 Å². The highest BCUT2D eigenvalue weighted by Gasteiger charge is 2.24. The number of alkyl carbamates (subject to hydrolysis) is 1. The van der Waals surface area contributed by atoms with E-state index in [0.717, 1.165) is 11.1 Å². The Balaban J connectivity index is 2.04. The van der Waals surface area contributed by atoms with Crippen LogP contribution in [-0.4, -0.2) is 23.6 Å². The van der Waals surface area contributed by atoms with Crippen molar-refractivity contribution in [1.29, 1.82) is 5.26 Å². The predicted octanol–water partition coefficient (Wildman–Crippen LogP) is 3.31. The van der Waals surface area contributed by atoms with Gasteiger partial charge in [-0.3, -0.25) is 4.79 Å². The standard InChI is InChI=1S/C22H25N3O3/c1-22(2,3)28-21(27)25-19(13-16-7-5-4-6-8-16)20(26)24-15-18-11-9-17(14-23)10-12-18/h4-12,19H,13,15H2,1-3H3,(H,24,26)(H,25,27)/t19-/m0/s1. The third kappa shape index (κ3) is 7.12. The van der Waals surface area contributed by atoms with Gasteiger partial charge in [-0.05, 0) is 44.0 Å². The molecule has 2 rings (SSSR count). The van der Waals surface area contributed by atoms with Crippen LogP contribution in [0.15, 0.2) is 54.6 Å². The van der Waals surface area contributed by atoms with Crippen molar-refractivity contribution in [2.24, 2.45) is 0 Å². The molecule has 0 aromatic heterocycles. The molecular formula is C22H25N3O3. The van der Waals surface area contributed by atoms with Gasteiger partial charge in [-0.25, -0.2) is 4.79 Å². The number of rotatable bonds is 6. The van der Waals surface area contributed by atoms with Gasteiger partial charge in [0.2, 0.25) is 5.91 Å². The molecule has 146 valence electrons. The van der Waals surface area contributed by atoms with E-state index in [-0.39, 0.29) is 5.91 Å². The van der Waals surface area contributed by atoms with Crippen molar-refractivity contribution in [2.75, 3.05) is 0 Å². The van der Waals surface area contributed by atoms with Crippen molar-refractivity contribution in [1.82, 2.24) is 10.6 Å².